The highest BCUT2D eigenvalue weighted by atomic mass is 35.5. The average Bonchev–Trinajstić information content (AvgIpc) is 2.67. The summed E-state index contributed by atoms with van der Waals surface area (Å²) in [7, 11) is 0. The van der Waals surface area contributed by atoms with Gasteiger partial charge in [-0.1, -0.05) is 19.1 Å². The van der Waals surface area contributed by atoms with Crippen molar-refractivity contribution in [2.24, 2.45) is 11.7 Å². The van der Waals surface area contributed by atoms with Gasteiger partial charge in [0.1, 0.15) is 12.1 Å². The van der Waals surface area contributed by atoms with Gasteiger partial charge in [0, 0.05) is 11.1 Å². The van der Waals surface area contributed by atoms with E-state index < -0.39 is 42.2 Å². The molecule has 1 heterocycles. The van der Waals surface area contributed by atoms with Crippen molar-refractivity contribution in [3.8, 4) is 11.3 Å². The Bertz CT molecular complexity index is 975. The highest BCUT2D eigenvalue weighted by Gasteiger charge is 2.32. The molecule has 0 amide bonds. The first-order chi connectivity index (χ1) is 14.0. The monoisotopic (exact) mass is 495 g/mol. The maximum atomic E-state index is 13.0. The minimum Gasteiger partial charge on any atom is -0.480 e. The molecular weight excluding hydrogens is 474 g/mol. The number of aliphatic carboxylic acids is 1. The van der Waals surface area contributed by atoms with Gasteiger partial charge >= 0.3 is 18.1 Å². The van der Waals surface area contributed by atoms with Crippen molar-refractivity contribution in [2.45, 2.75) is 44.5 Å². The maximum absolute atomic E-state index is 13.0. The zero-order valence-electron chi connectivity index (χ0n) is 16.8. The van der Waals surface area contributed by atoms with Crippen molar-refractivity contribution in [3.05, 3.63) is 47.2 Å². The molecule has 0 spiro atoms. The summed E-state index contributed by atoms with van der Waals surface area (Å²) in [6.07, 6.45) is -4.65. The van der Waals surface area contributed by atoms with Crippen molar-refractivity contribution < 1.29 is 32.6 Å². The number of halogens is 5. The summed E-state index contributed by atoms with van der Waals surface area (Å²) in [5.74, 6) is -1.97. The van der Waals surface area contributed by atoms with E-state index in [9.17, 15) is 22.8 Å². The van der Waals surface area contributed by atoms with E-state index in [1.807, 2.05) is 6.92 Å². The Balaban J connectivity index is 0.00000256. The van der Waals surface area contributed by atoms with E-state index in [0.717, 1.165) is 12.1 Å². The second-order valence-electron chi connectivity index (χ2n) is 7.38. The van der Waals surface area contributed by atoms with Crippen molar-refractivity contribution in [1.29, 1.82) is 0 Å². The van der Waals surface area contributed by atoms with E-state index in [-0.39, 0.29) is 42.0 Å². The van der Waals surface area contributed by atoms with Crippen LogP contribution in [0.2, 0.25) is 0 Å². The number of rotatable bonds is 5. The number of alkyl halides is 3. The van der Waals surface area contributed by atoms with E-state index in [4.69, 9.17) is 15.6 Å². The number of carbonyl (C=O) groups excluding carboxylic acids is 1. The molecule has 3 N–H and O–H groups in total. The lowest BCUT2D eigenvalue weighted by Gasteiger charge is -2.28. The molecule has 3 atom stereocenters. The number of carboxylic acids is 1. The second-order valence-corrected chi connectivity index (χ2v) is 7.38. The van der Waals surface area contributed by atoms with Crippen LogP contribution in [-0.2, 0) is 26.9 Å². The molecule has 3 unspecified atom stereocenters. The van der Waals surface area contributed by atoms with Gasteiger partial charge in [0.15, 0.2) is 0 Å². The molecule has 0 aliphatic heterocycles. The first-order valence-corrected chi connectivity index (χ1v) is 9.26. The van der Waals surface area contributed by atoms with Gasteiger partial charge in [0.25, 0.3) is 0 Å². The van der Waals surface area contributed by atoms with Gasteiger partial charge in [-0.05, 0) is 37.0 Å². The topological polar surface area (TPSA) is 115 Å². The van der Waals surface area contributed by atoms with Crippen molar-refractivity contribution >= 4 is 36.8 Å². The fraction of sp³-hybridized carbons (Fsp3) is 0.400. The predicted octanol–water partition coefficient (Wildman–Crippen LogP) is 3.97. The number of hydrogen-bond acceptors (Lipinski definition) is 6. The number of benzene rings is 1. The predicted molar refractivity (Wildman–Crippen MR) is 114 cm³/mol. The first-order valence-electron chi connectivity index (χ1n) is 9.26. The molecule has 1 aromatic carbocycles. The Kier molecular flexibility index (Phi) is 9.43. The van der Waals surface area contributed by atoms with Gasteiger partial charge in [-0.2, -0.15) is 23.4 Å². The molecule has 176 valence electrons. The molecule has 0 bridgehead atoms. The SMILES string of the molecule is CC1Cc2nnc(-c3cccc(C(F)(F)F)c3)cc2C(OC(=O)CC(N)C(=O)O)C1.Cl.Cl. The molecular formula is C20H22Cl2F3N3O4. The average molecular weight is 496 g/mol. The summed E-state index contributed by atoms with van der Waals surface area (Å²) in [4.78, 5) is 23.0. The van der Waals surface area contributed by atoms with Gasteiger partial charge < -0.3 is 15.6 Å². The molecule has 0 radical (unpaired) electrons. The number of nitrogens with zero attached hydrogens (tertiary/aromatic N) is 2. The van der Waals surface area contributed by atoms with Crippen molar-refractivity contribution in [2.75, 3.05) is 0 Å². The molecule has 1 aliphatic rings. The normalized spacial score (nSPS) is 18.4. The molecule has 7 nitrogen and oxygen atoms in total. The van der Waals surface area contributed by atoms with Gasteiger partial charge in [0.2, 0.25) is 0 Å². The van der Waals surface area contributed by atoms with Crippen molar-refractivity contribution in [3.63, 3.8) is 0 Å². The van der Waals surface area contributed by atoms with Crippen LogP contribution in [0.15, 0.2) is 30.3 Å². The van der Waals surface area contributed by atoms with Crippen LogP contribution in [0, 0.1) is 5.92 Å². The molecule has 0 fully saturated rings. The van der Waals surface area contributed by atoms with Crippen LogP contribution in [0.1, 0.15) is 42.7 Å². The van der Waals surface area contributed by atoms with E-state index in [0.29, 0.717) is 24.1 Å². The van der Waals surface area contributed by atoms with Crippen LogP contribution >= 0.6 is 24.8 Å². The highest BCUT2D eigenvalue weighted by molar-refractivity contribution is 5.85. The summed E-state index contributed by atoms with van der Waals surface area (Å²) in [6, 6.07) is 4.91. The molecule has 2 aromatic rings. The smallest absolute Gasteiger partial charge is 0.416 e. The van der Waals surface area contributed by atoms with E-state index in [2.05, 4.69) is 10.2 Å². The molecule has 0 saturated carbocycles. The third-order valence-corrected chi connectivity index (χ3v) is 4.87. The quantitative estimate of drug-likeness (QED) is 0.602. The van der Waals surface area contributed by atoms with Crippen LogP contribution in [0.25, 0.3) is 11.3 Å². The summed E-state index contributed by atoms with van der Waals surface area (Å²) in [5.41, 5.74) is 6.16. The summed E-state index contributed by atoms with van der Waals surface area (Å²) in [6.45, 7) is 1.94. The van der Waals surface area contributed by atoms with Crippen LogP contribution in [0.4, 0.5) is 13.2 Å². The van der Waals surface area contributed by atoms with E-state index in [1.54, 1.807) is 6.07 Å². The molecule has 1 aliphatic carbocycles. The number of nitrogens with two attached hydrogens (primary N) is 1. The molecule has 0 saturated heterocycles. The summed E-state index contributed by atoms with van der Waals surface area (Å²) < 4.78 is 44.5. The zero-order valence-corrected chi connectivity index (χ0v) is 18.5. The number of esters is 1. The Morgan fingerprint density at radius 1 is 1.25 bits per heavy atom. The second kappa shape index (κ2) is 10.9. The summed E-state index contributed by atoms with van der Waals surface area (Å²) >= 11 is 0. The van der Waals surface area contributed by atoms with E-state index >= 15 is 0 Å². The Hall–Kier alpha value is -2.43. The minimum atomic E-state index is -4.49. The highest BCUT2D eigenvalue weighted by Crippen LogP contribution is 2.37. The lowest BCUT2D eigenvalue weighted by atomic mass is 9.85. The standard InChI is InChI=1S/C20H20F3N3O4.2ClH/c1-10-5-16-13(17(6-10)30-18(27)9-14(24)19(28)29)8-15(25-26-16)11-3-2-4-12(7-11)20(21,22)23;;/h2-4,7-8,10,14,17H,5-6,9,24H2,1H3,(H,28,29);2*1H. The van der Waals surface area contributed by atoms with Gasteiger partial charge in [-0.15, -0.1) is 24.8 Å². The third kappa shape index (κ3) is 6.54. The Morgan fingerprint density at radius 2 is 1.94 bits per heavy atom. The van der Waals surface area contributed by atoms with Crippen LogP contribution in [0.3, 0.4) is 0 Å². The van der Waals surface area contributed by atoms with Gasteiger partial charge in [0.05, 0.1) is 23.4 Å². The number of aromatic nitrogens is 2. The fourth-order valence-electron chi connectivity index (χ4n) is 3.36. The third-order valence-electron chi connectivity index (χ3n) is 4.87. The maximum Gasteiger partial charge on any atom is 0.416 e. The molecule has 32 heavy (non-hydrogen) atoms. The number of hydrogen-bond donors (Lipinski definition) is 2. The van der Waals surface area contributed by atoms with Crippen molar-refractivity contribution in [1.82, 2.24) is 10.2 Å². The number of carbonyl (C=O) groups is 2. The fourth-order valence-corrected chi connectivity index (χ4v) is 3.36. The van der Waals surface area contributed by atoms with Gasteiger partial charge in [-0.3, -0.25) is 9.59 Å². The largest absolute Gasteiger partial charge is 0.480 e. The minimum absolute atomic E-state index is 0. The molecule has 12 heteroatoms. The number of ether oxygens (including phenoxy) is 1. The molecule has 3 rings (SSSR count). The zero-order chi connectivity index (χ0) is 22.1. The lowest BCUT2D eigenvalue weighted by Crippen LogP contribution is -2.34. The lowest BCUT2D eigenvalue weighted by molar-refractivity contribution is -0.154. The Labute approximate surface area is 194 Å². The van der Waals surface area contributed by atoms with Crippen LogP contribution in [0.5, 0.6) is 0 Å². The summed E-state index contributed by atoms with van der Waals surface area (Å²) in [5, 5.41) is 17.0. The first kappa shape index (κ1) is 27.6. The molecule has 1 aromatic heterocycles. The van der Waals surface area contributed by atoms with Crippen LogP contribution in [-0.4, -0.2) is 33.3 Å². The number of fused-ring (bicyclic) bond motifs is 1. The Morgan fingerprint density at radius 3 is 2.56 bits per heavy atom. The number of carboxylic acid groups (broad SMARTS) is 1. The van der Waals surface area contributed by atoms with E-state index in [1.165, 1.54) is 12.1 Å². The van der Waals surface area contributed by atoms with Crippen LogP contribution < -0.4 is 5.73 Å². The van der Waals surface area contributed by atoms with Gasteiger partial charge in [-0.25, -0.2) is 0 Å².